The predicted octanol–water partition coefficient (Wildman–Crippen LogP) is 6.90. The van der Waals surface area contributed by atoms with Crippen LogP contribution in [0.4, 0.5) is 17.1 Å². The molecule has 164 valence electrons. The van der Waals surface area contributed by atoms with Crippen LogP contribution in [0.1, 0.15) is 44.6 Å². The first-order valence-electron chi connectivity index (χ1n) is 12.4. The molecule has 0 N–H and O–H groups in total. The van der Waals surface area contributed by atoms with Crippen LogP contribution in [0.2, 0.25) is 0 Å². The summed E-state index contributed by atoms with van der Waals surface area (Å²) in [6.45, 7) is 0. The van der Waals surface area contributed by atoms with Crippen molar-refractivity contribution in [2.24, 2.45) is 0 Å². The molecule has 4 aliphatic rings. The van der Waals surface area contributed by atoms with Gasteiger partial charge < -0.3 is 4.90 Å². The predicted molar refractivity (Wildman–Crippen MR) is 139 cm³/mol. The SMILES string of the molecule is c1ccc2c(c1)Cc1c-2ccc2c1-c1cc3c(cc1C2)N1c2ccncc2Cc2nccc(c21)C3. The fourth-order valence-corrected chi connectivity index (χ4v) is 6.97. The van der Waals surface area contributed by atoms with Gasteiger partial charge >= 0.3 is 0 Å². The molecule has 0 saturated heterocycles. The van der Waals surface area contributed by atoms with Crippen LogP contribution in [0.25, 0.3) is 22.3 Å². The summed E-state index contributed by atoms with van der Waals surface area (Å²) in [4.78, 5) is 11.7. The molecule has 2 aliphatic heterocycles. The lowest BCUT2D eigenvalue weighted by molar-refractivity contribution is 0.951. The van der Waals surface area contributed by atoms with Crippen molar-refractivity contribution < 1.29 is 0 Å². The summed E-state index contributed by atoms with van der Waals surface area (Å²) >= 11 is 0. The van der Waals surface area contributed by atoms with E-state index in [-0.39, 0.29) is 0 Å². The number of rotatable bonds is 0. The quantitative estimate of drug-likeness (QED) is 0.253. The van der Waals surface area contributed by atoms with Crippen LogP contribution in [-0.4, -0.2) is 9.97 Å². The van der Waals surface area contributed by atoms with E-state index in [1.165, 1.54) is 78.3 Å². The van der Waals surface area contributed by atoms with E-state index < -0.39 is 0 Å². The van der Waals surface area contributed by atoms with E-state index in [0.29, 0.717) is 0 Å². The van der Waals surface area contributed by atoms with E-state index in [2.05, 4.69) is 70.5 Å². The van der Waals surface area contributed by atoms with Crippen LogP contribution < -0.4 is 4.90 Å². The fraction of sp³-hybridized carbons (Fsp3) is 0.125. The number of fused-ring (bicyclic) bond motifs is 11. The van der Waals surface area contributed by atoms with Crippen LogP contribution in [0.15, 0.2) is 79.3 Å². The Morgan fingerprint density at radius 2 is 1.54 bits per heavy atom. The van der Waals surface area contributed by atoms with Gasteiger partial charge in [0, 0.05) is 37.0 Å². The lowest BCUT2D eigenvalue weighted by atomic mass is 9.87. The molecule has 9 rings (SSSR count). The summed E-state index contributed by atoms with van der Waals surface area (Å²) in [5.74, 6) is 0. The average molecular weight is 448 g/mol. The zero-order valence-corrected chi connectivity index (χ0v) is 19.2. The highest BCUT2D eigenvalue weighted by atomic mass is 15.2. The van der Waals surface area contributed by atoms with Gasteiger partial charge in [-0.15, -0.1) is 0 Å². The molecule has 2 aromatic heterocycles. The summed E-state index contributed by atoms with van der Waals surface area (Å²) in [5.41, 5.74) is 20.6. The molecule has 3 aromatic carbocycles. The number of hydrogen-bond donors (Lipinski definition) is 0. The van der Waals surface area contributed by atoms with Crippen molar-refractivity contribution in [2.75, 3.05) is 4.90 Å². The van der Waals surface area contributed by atoms with Gasteiger partial charge in [-0.2, -0.15) is 0 Å². The first kappa shape index (κ1) is 18.1. The maximum absolute atomic E-state index is 4.78. The standard InChI is InChI=1S/C32H21N3/c1-2-4-24-18(3-1)13-27-25(24)6-5-19-11-21-16-30-22(14-26(21)31(19)27)12-20-7-10-34-28-15-23-17-33-9-8-29(23)35(30)32(20)28/h1-10,14,16-17H,11-13,15H2. The Bertz CT molecular complexity index is 1760. The Kier molecular flexibility index (Phi) is 3.24. The second-order valence-electron chi connectivity index (χ2n) is 10.2. The van der Waals surface area contributed by atoms with Crippen molar-refractivity contribution in [3.63, 3.8) is 0 Å². The Hall–Kier alpha value is -4.24. The van der Waals surface area contributed by atoms with Gasteiger partial charge in [-0.05, 0) is 92.7 Å². The van der Waals surface area contributed by atoms with E-state index in [9.17, 15) is 0 Å². The van der Waals surface area contributed by atoms with E-state index in [4.69, 9.17) is 4.98 Å². The number of aromatic nitrogens is 2. The van der Waals surface area contributed by atoms with Gasteiger partial charge in [-0.3, -0.25) is 9.97 Å². The second-order valence-corrected chi connectivity index (χ2v) is 10.2. The second kappa shape index (κ2) is 6.25. The molecule has 5 aromatic rings. The van der Waals surface area contributed by atoms with E-state index >= 15 is 0 Å². The van der Waals surface area contributed by atoms with Gasteiger partial charge in [0.25, 0.3) is 0 Å². The summed E-state index contributed by atoms with van der Waals surface area (Å²) in [7, 11) is 0. The minimum absolute atomic E-state index is 0.848. The minimum Gasteiger partial charge on any atom is -0.308 e. The molecule has 0 amide bonds. The lowest BCUT2D eigenvalue weighted by Gasteiger charge is -2.38. The van der Waals surface area contributed by atoms with Crippen molar-refractivity contribution in [1.82, 2.24) is 9.97 Å². The summed E-state index contributed by atoms with van der Waals surface area (Å²) in [6, 6.07) is 23.0. The molecule has 35 heavy (non-hydrogen) atoms. The van der Waals surface area contributed by atoms with Crippen molar-refractivity contribution in [3.8, 4) is 22.3 Å². The van der Waals surface area contributed by atoms with Crippen LogP contribution in [0, 0.1) is 0 Å². The first-order chi connectivity index (χ1) is 17.3. The van der Waals surface area contributed by atoms with Crippen LogP contribution in [0.5, 0.6) is 0 Å². The molecule has 0 atom stereocenters. The molecule has 4 heterocycles. The van der Waals surface area contributed by atoms with Crippen LogP contribution in [-0.2, 0) is 25.7 Å². The molecule has 2 aliphatic carbocycles. The number of nitrogens with zero attached hydrogens (tertiary/aromatic N) is 3. The first-order valence-corrected chi connectivity index (χ1v) is 12.4. The maximum atomic E-state index is 4.78. The van der Waals surface area contributed by atoms with Gasteiger partial charge in [0.2, 0.25) is 0 Å². The topological polar surface area (TPSA) is 29.0 Å². The van der Waals surface area contributed by atoms with E-state index in [1.807, 2.05) is 18.6 Å². The van der Waals surface area contributed by atoms with Gasteiger partial charge in [-0.1, -0.05) is 36.4 Å². The Morgan fingerprint density at radius 1 is 0.600 bits per heavy atom. The minimum atomic E-state index is 0.848. The highest BCUT2D eigenvalue weighted by Gasteiger charge is 2.35. The Balaban J connectivity index is 1.27. The van der Waals surface area contributed by atoms with Gasteiger partial charge in [0.05, 0.1) is 22.8 Å². The van der Waals surface area contributed by atoms with Gasteiger partial charge in [-0.25, -0.2) is 0 Å². The molecule has 0 radical (unpaired) electrons. The Labute approximate surface area is 203 Å². The highest BCUT2D eigenvalue weighted by molar-refractivity contribution is 5.94. The molecule has 0 unspecified atom stereocenters. The van der Waals surface area contributed by atoms with Crippen molar-refractivity contribution in [3.05, 3.63) is 124 Å². The van der Waals surface area contributed by atoms with Crippen molar-refractivity contribution in [1.29, 1.82) is 0 Å². The molecule has 0 bridgehead atoms. The number of anilines is 3. The van der Waals surface area contributed by atoms with Crippen molar-refractivity contribution >= 4 is 17.1 Å². The molecule has 0 saturated carbocycles. The normalized spacial score (nSPS) is 14.9. The fourth-order valence-electron chi connectivity index (χ4n) is 6.97. The van der Waals surface area contributed by atoms with E-state index in [1.54, 1.807) is 0 Å². The number of pyridine rings is 2. The highest BCUT2D eigenvalue weighted by Crippen LogP contribution is 2.53. The third-order valence-corrected chi connectivity index (χ3v) is 8.43. The summed E-state index contributed by atoms with van der Waals surface area (Å²) in [5, 5.41) is 0. The lowest BCUT2D eigenvalue weighted by Crippen LogP contribution is -2.25. The molecule has 3 nitrogen and oxygen atoms in total. The third kappa shape index (κ3) is 2.26. The maximum Gasteiger partial charge on any atom is 0.0716 e. The zero-order chi connectivity index (χ0) is 22.7. The summed E-state index contributed by atoms with van der Waals surface area (Å²) < 4.78 is 0. The smallest absolute Gasteiger partial charge is 0.0716 e. The number of hydrogen-bond acceptors (Lipinski definition) is 3. The Morgan fingerprint density at radius 3 is 2.54 bits per heavy atom. The van der Waals surface area contributed by atoms with Gasteiger partial charge in [0.15, 0.2) is 0 Å². The zero-order valence-electron chi connectivity index (χ0n) is 19.2. The molecular formula is C32H21N3. The third-order valence-electron chi connectivity index (χ3n) is 8.43. The van der Waals surface area contributed by atoms with Crippen LogP contribution in [0.3, 0.4) is 0 Å². The molecule has 3 heteroatoms. The monoisotopic (exact) mass is 447 g/mol. The van der Waals surface area contributed by atoms with Crippen LogP contribution >= 0.6 is 0 Å². The average Bonchev–Trinajstić information content (AvgIpc) is 3.45. The number of benzene rings is 3. The molecular weight excluding hydrogens is 426 g/mol. The van der Waals surface area contributed by atoms with Crippen molar-refractivity contribution in [2.45, 2.75) is 25.7 Å². The molecule has 0 fully saturated rings. The summed E-state index contributed by atoms with van der Waals surface area (Å²) in [6.07, 6.45) is 9.74. The largest absolute Gasteiger partial charge is 0.308 e. The molecule has 0 spiro atoms. The van der Waals surface area contributed by atoms with E-state index in [0.717, 1.165) is 31.4 Å². The van der Waals surface area contributed by atoms with Gasteiger partial charge in [0.1, 0.15) is 0 Å².